The summed E-state index contributed by atoms with van der Waals surface area (Å²) in [7, 11) is 0. The molecule has 1 heterocycles. The minimum absolute atomic E-state index is 0.181. The highest BCUT2D eigenvalue weighted by Gasteiger charge is 2.17. The minimum atomic E-state index is -0.378. The van der Waals surface area contributed by atoms with Crippen LogP contribution in [0.3, 0.4) is 0 Å². The maximum atomic E-state index is 13.3. The number of carbonyl (C=O) groups excluding carboxylic acids is 1. The van der Waals surface area contributed by atoms with E-state index in [2.05, 4.69) is 10.3 Å². The molecule has 3 rings (SSSR count). The van der Waals surface area contributed by atoms with E-state index in [1.165, 1.54) is 16.7 Å². The van der Waals surface area contributed by atoms with Gasteiger partial charge in [0.2, 0.25) is 5.91 Å². The molecule has 6 heteroatoms. The van der Waals surface area contributed by atoms with Gasteiger partial charge in [0.05, 0.1) is 0 Å². The number of amides is 1. The smallest absolute Gasteiger partial charge is 0.257 e. The summed E-state index contributed by atoms with van der Waals surface area (Å²) in [5, 5.41) is 2.87. The van der Waals surface area contributed by atoms with Gasteiger partial charge in [0.15, 0.2) is 0 Å². The zero-order chi connectivity index (χ0) is 21.1. The monoisotopic (exact) mass is 393 g/mol. The fourth-order valence-electron chi connectivity index (χ4n) is 3.36. The van der Waals surface area contributed by atoms with Crippen LogP contribution in [0.25, 0.3) is 11.4 Å². The van der Waals surface area contributed by atoms with Gasteiger partial charge in [-0.25, -0.2) is 9.37 Å². The second-order valence-corrected chi connectivity index (χ2v) is 7.12. The highest BCUT2D eigenvalue weighted by atomic mass is 19.1. The van der Waals surface area contributed by atoms with Crippen LogP contribution in [0.1, 0.15) is 29.3 Å². The number of halogens is 1. The molecule has 1 aromatic heterocycles. The Bertz CT molecular complexity index is 1120. The lowest BCUT2D eigenvalue weighted by molar-refractivity contribution is -0.116. The van der Waals surface area contributed by atoms with Gasteiger partial charge in [-0.05, 0) is 63.1 Å². The molecule has 0 unspecified atom stereocenters. The number of aryl methyl sites for hydroxylation is 3. The van der Waals surface area contributed by atoms with Crippen molar-refractivity contribution in [3.8, 4) is 11.4 Å². The SMILES string of the molecule is CCc1c(C)nc(-c2ccc(F)cc2)n(CC(=O)Nc2ccc(C)cc2C)c1=O. The van der Waals surface area contributed by atoms with Crippen molar-refractivity contribution in [1.29, 1.82) is 0 Å². The summed E-state index contributed by atoms with van der Waals surface area (Å²) < 4.78 is 14.7. The van der Waals surface area contributed by atoms with Gasteiger partial charge in [-0.3, -0.25) is 14.2 Å². The fourth-order valence-corrected chi connectivity index (χ4v) is 3.36. The molecule has 1 N–H and O–H groups in total. The molecule has 0 spiro atoms. The summed E-state index contributed by atoms with van der Waals surface area (Å²) in [4.78, 5) is 30.3. The number of carbonyl (C=O) groups is 1. The van der Waals surface area contributed by atoms with Gasteiger partial charge >= 0.3 is 0 Å². The van der Waals surface area contributed by atoms with E-state index < -0.39 is 0 Å². The predicted octanol–water partition coefficient (Wildman–Crippen LogP) is 4.18. The first-order chi connectivity index (χ1) is 13.8. The summed E-state index contributed by atoms with van der Waals surface area (Å²) in [6.07, 6.45) is 0.514. The van der Waals surface area contributed by atoms with Crippen molar-refractivity contribution < 1.29 is 9.18 Å². The zero-order valence-electron chi connectivity index (χ0n) is 17.0. The standard InChI is InChI=1S/C23H24FN3O2/c1-5-19-16(4)25-22(17-7-9-18(24)10-8-17)27(23(19)29)13-21(28)26-20-11-6-14(2)12-15(20)3/h6-12H,5,13H2,1-4H3,(H,26,28). The molecule has 2 aromatic carbocycles. The van der Waals surface area contributed by atoms with Crippen molar-refractivity contribution in [1.82, 2.24) is 9.55 Å². The molecule has 5 nitrogen and oxygen atoms in total. The maximum absolute atomic E-state index is 13.3. The molecule has 0 aliphatic rings. The first-order valence-corrected chi connectivity index (χ1v) is 9.53. The predicted molar refractivity (Wildman–Crippen MR) is 113 cm³/mol. The quantitative estimate of drug-likeness (QED) is 0.707. The molecule has 0 saturated carbocycles. The summed E-state index contributed by atoms with van der Waals surface area (Å²) in [6, 6.07) is 11.5. The number of anilines is 1. The average molecular weight is 393 g/mol. The fraction of sp³-hybridized carbons (Fsp3) is 0.261. The molecule has 0 bridgehead atoms. The molecule has 0 fully saturated rings. The van der Waals surface area contributed by atoms with Crippen LogP contribution in [0, 0.1) is 26.6 Å². The van der Waals surface area contributed by atoms with Gasteiger partial charge < -0.3 is 5.32 Å². The summed E-state index contributed by atoms with van der Waals surface area (Å²) >= 11 is 0. The normalized spacial score (nSPS) is 10.8. The van der Waals surface area contributed by atoms with E-state index in [-0.39, 0.29) is 23.8 Å². The highest BCUT2D eigenvalue weighted by molar-refractivity contribution is 5.91. The van der Waals surface area contributed by atoms with Crippen molar-refractivity contribution in [2.24, 2.45) is 0 Å². The first-order valence-electron chi connectivity index (χ1n) is 9.53. The summed E-state index contributed by atoms with van der Waals surface area (Å²) in [6.45, 7) is 7.37. The van der Waals surface area contributed by atoms with Gasteiger partial charge in [-0.1, -0.05) is 24.6 Å². The number of aromatic nitrogens is 2. The largest absolute Gasteiger partial charge is 0.324 e. The van der Waals surface area contributed by atoms with Gasteiger partial charge in [0.1, 0.15) is 18.2 Å². The molecular weight excluding hydrogens is 369 g/mol. The van der Waals surface area contributed by atoms with Crippen LogP contribution < -0.4 is 10.9 Å². The molecule has 0 atom stereocenters. The van der Waals surface area contributed by atoms with Gasteiger partial charge in [0.25, 0.3) is 5.56 Å². The number of benzene rings is 2. The van der Waals surface area contributed by atoms with Crippen LogP contribution in [-0.2, 0) is 17.8 Å². The molecule has 0 aliphatic heterocycles. The van der Waals surface area contributed by atoms with E-state index in [0.29, 0.717) is 34.8 Å². The summed E-state index contributed by atoms with van der Waals surface area (Å²) in [5.41, 5.74) is 4.25. The Hall–Kier alpha value is -3.28. The van der Waals surface area contributed by atoms with Crippen molar-refractivity contribution in [2.75, 3.05) is 5.32 Å². The lowest BCUT2D eigenvalue weighted by atomic mass is 10.1. The van der Waals surface area contributed by atoms with Crippen molar-refractivity contribution >= 4 is 11.6 Å². The Labute approximate surface area is 169 Å². The van der Waals surface area contributed by atoms with E-state index in [9.17, 15) is 14.0 Å². The van der Waals surface area contributed by atoms with Crippen LogP contribution in [0.2, 0.25) is 0 Å². The molecule has 0 aliphatic carbocycles. The van der Waals surface area contributed by atoms with Crippen LogP contribution in [0.15, 0.2) is 47.3 Å². The van der Waals surface area contributed by atoms with E-state index in [4.69, 9.17) is 0 Å². The molecule has 3 aromatic rings. The van der Waals surface area contributed by atoms with E-state index in [0.717, 1.165) is 11.1 Å². The van der Waals surface area contributed by atoms with Crippen LogP contribution in [-0.4, -0.2) is 15.5 Å². The number of rotatable bonds is 5. The summed E-state index contributed by atoms with van der Waals surface area (Å²) in [5.74, 6) is -0.354. The van der Waals surface area contributed by atoms with Crippen LogP contribution in [0.5, 0.6) is 0 Å². The highest BCUT2D eigenvalue weighted by Crippen LogP contribution is 2.19. The Morgan fingerprint density at radius 2 is 1.79 bits per heavy atom. The Kier molecular flexibility index (Phi) is 5.92. The zero-order valence-corrected chi connectivity index (χ0v) is 17.0. The lowest BCUT2D eigenvalue weighted by Gasteiger charge is -2.16. The number of hydrogen-bond acceptors (Lipinski definition) is 3. The van der Waals surface area contributed by atoms with Crippen molar-refractivity contribution in [3.05, 3.63) is 81.0 Å². The van der Waals surface area contributed by atoms with E-state index in [1.807, 2.05) is 39.0 Å². The molecule has 1 amide bonds. The second-order valence-electron chi connectivity index (χ2n) is 7.12. The van der Waals surface area contributed by atoms with Crippen molar-refractivity contribution in [2.45, 2.75) is 40.7 Å². The van der Waals surface area contributed by atoms with Crippen molar-refractivity contribution in [3.63, 3.8) is 0 Å². The third kappa shape index (κ3) is 4.42. The third-order valence-electron chi connectivity index (χ3n) is 4.88. The van der Waals surface area contributed by atoms with Crippen LogP contribution in [0.4, 0.5) is 10.1 Å². The van der Waals surface area contributed by atoms with Gasteiger partial charge in [-0.2, -0.15) is 0 Å². The molecule has 29 heavy (non-hydrogen) atoms. The maximum Gasteiger partial charge on any atom is 0.257 e. The molecule has 150 valence electrons. The first kappa shape index (κ1) is 20.5. The minimum Gasteiger partial charge on any atom is -0.324 e. The Morgan fingerprint density at radius 1 is 1.10 bits per heavy atom. The number of hydrogen-bond donors (Lipinski definition) is 1. The second kappa shape index (κ2) is 8.39. The number of nitrogens with one attached hydrogen (secondary N) is 1. The van der Waals surface area contributed by atoms with E-state index in [1.54, 1.807) is 19.1 Å². The van der Waals surface area contributed by atoms with Gasteiger partial charge in [-0.15, -0.1) is 0 Å². The lowest BCUT2D eigenvalue weighted by Crippen LogP contribution is -2.32. The third-order valence-corrected chi connectivity index (χ3v) is 4.88. The topological polar surface area (TPSA) is 64.0 Å². The van der Waals surface area contributed by atoms with E-state index >= 15 is 0 Å². The van der Waals surface area contributed by atoms with Crippen LogP contribution >= 0.6 is 0 Å². The molecule has 0 saturated heterocycles. The Morgan fingerprint density at radius 3 is 2.41 bits per heavy atom. The van der Waals surface area contributed by atoms with Gasteiger partial charge in [0, 0.05) is 22.5 Å². The molecule has 0 radical (unpaired) electrons. The Balaban J connectivity index is 2.01. The average Bonchev–Trinajstić information content (AvgIpc) is 2.67. The number of nitrogens with zero attached hydrogens (tertiary/aromatic N) is 2. The molecular formula is C23H24FN3O2.